The molecule has 1 N–H and O–H groups in total. The van der Waals surface area contributed by atoms with Gasteiger partial charge in [0.25, 0.3) is 0 Å². The van der Waals surface area contributed by atoms with Crippen molar-refractivity contribution in [3.63, 3.8) is 0 Å². The molecule has 1 heterocycles. The number of benzene rings is 2. The maximum atomic E-state index is 13.0. The fourth-order valence-electron chi connectivity index (χ4n) is 4.72. The zero-order valence-corrected chi connectivity index (χ0v) is 16.1. The minimum Gasteiger partial charge on any atom is -0.481 e. The van der Waals surface area contributed by atoms with Crippen molar-refractivity contribution in [1.29, 1.82) is 0 Å². The van der Waals surface area contributed by atoms with Gasteiger partial charge in [0.2, 0.25) is 5.91 Å². The van der Waals surface area contributed by atoms with E-state index >= 15 is 0 Å². The fourth-order valence-corrected chi connectivity index (χ4v) is 4.72. The predicted octanol–water partition coefficient (Wildman–Crippen LogP) is 4.12. The molecule has 1 spiro atoms. The van der Waals surface area contributed by atoms with Crippen LogP contribution in [0.3, 0.4) is 0 Å². The van der Waals surface area contributed by atoms with Crippen molar-refractivity contribution < 1.29 is 14.7 Å². The van der Waals surface area contributed by atoms with Crippen molar-refractivity contribution in [3.05, 3.63) is 71.8 Å². The van der Waals surface area contributed by atoms with Gasteiger partial charge < -0.3 is 10.0 Å². The van der Waals surface area contributed by atoms with Gasteiger partial charge in [-0.25, -0.2) is 0 Å². The highest BCUT2D eigenvalue weighted by molar-refractivity contribution is 5.78. The van der Waals surface area contributed by atoms with Crippen molar-refractivity contribution in [2.45, 2.75) is 38.0 Å². The largest absolute Gasteiger partial charge is 0.481 e. The number of aliphatic carboxylic acids is 1. The quantitative estimate of drug-likeness (QED) is 0.824. The molecule has 1 saturated carbocycles. The van der Waals surface area contributed by atoms with Crippen LogP contribution in [0.2, 0.25) is 0 Å². The summed E-state index contributed by atoms with van der Waals surface area (Å²) >= 11 is 0. The van der Waals surface area contributed by atoms with Gasteiger partial charge in [-0.1, -0.05) is 60.7 Å². The smallest absolute Gasteiger partial charge is 0.307 e. The van der Waals surface area contributed by atoms with Crippen molar-refractivity contribution in [2.75, 3.05) is 13.1 Å². The Morgan fingerprint density at radius 1 is 1.00 bits per heavy atom. The summed E-state index contributed by atoms with van der Waals surface area (Å²) in [6.45, 7) is 1.38. The van der Waals surface area contributed by atoms with Crippen LogP contribution in [-0.4, -0.2) is 35.0 Å². The number of nitrogens with zero attached hydrogens (tertiary/aromatic N) is 1. The molecule has 4 nitrogen and oxygen atoms in total. The first kappa shape index (κ1) is 18.7. The molecule has 28 heavy (non-hydrogen) atoms. The highest BCUT2D eigenvalue weighted by Gasteiger charge is 2.59. The summed E-state index contributed by atoms with van der Waals surface area (Å²) in [5.41, 5.74) is 2.40. The van der Waals surface area contributed by atoms with E-state index in [1.807, 2.05) is 41.3 Å². The van der Waals surface area contributed by atoms with Gasteiger partial charge in [-0.15, -0.1) is 0 Å². The maximum absolute atomic E-state index is 13.0. The lowest BCUT2D eigenvalue weighted by atomic mass is 9.87. The van der Waals surface area contributed by atoms with Gasteiger partial charge in [-0.2, -0.15) is 0 Å². The molecule has 0 radical (unpaired) electrons. The second-order valence-corrected chi connectivity index (χ2v) is 8.34. The van der Waals surface area contributed by atoms with Gasteiger partial charge in [-0.05, 0) is 48.1 Å². The van der Waals surface area contributed by atoms with Crippen LogP contribution in [0.5, 0.6) is 0 Å². The molecular weight excluding hydrogens is 350 g/mol. The normalized spacial score (nSPS) is 21.3. The highest BCUT2D eigenvalue weighted by atomic mass is 16.4. The molecular formula is C24H27NO3. The van der Waals surface area contributed by atoms with E-state index in [1.165, 1.54) is 11.1 Å². The Bertz CT molecular complexity index is 825. The third-order valence-corrected chi connectivity index (χ3v) is 6.62. The summed E-state index contributed by atoms with van der Waals surface area (Å²) in [6.07, 6.45) is 3.77. The maximum Gasteiger partial charge on any atom is 0.307 e. The molecule has 2 unspecified atom stereocenters. The molecule has 0 bridgehead atoms. The van der Waals surface area contributed by atoms with E-state index in [9.17, 15) is 14.7 Å². The number of piperidine rings is 1. The van der Waals surface area contributed by atoms with Crippen LogP contribution < -0.4 is 0 Å². The van der Waals surface area contributed by atoms with Crippen molar-refractivity contribution in [3.8, 4) is 0 Å². The van der Waals surface area contributed by atoms with E-state index in [2.05, 4.69) is 24.3 Å². The molecule has 2 aliphatic rings. The van der Waals surface area contributed by atoms with Crippen LogP contribution >= 0.6 is 0 Å². The summed E-state index contributed by atoms with van der Waals surface area (Å²) in [7, 11) is 0. The first-order valence-electron chi connectivity index (χ1n) is 10.2. The van der Waals surface area contributed by atoms with E-state index in [0.717, 1.165) is 25.7 Å². The lowest BCUT2D eigenvalue weighted by molar-refractivity contribution is -0.139. The monoisotopic (exact) mass is 377 g/mol. The zero-order chi connectivity index (χ0) is 19.6. The molecule has 2 aromatic rings. The molecule has 1 amide bonds. The minimum absolute atomic E-state index is 0.0362. The van der Waals surface area contributed by atoms with Crippen molar-refractivity contribution >= 4 is 11.9 Å². The van der Waals surface area contributed by atoms with Crippen molar-refractivity contribution in [1.82, 2.24) is 4.90 Å². The summed E-state index contributed by atoms with van der Waals surface area (Å²) in [4.78, 5) is 26.2. The minimum atomic E-state index is -0.674. The average molecular weight is 377 g/mol. The molecule has 2 fully saturated rings. The van der Waals surface area contributed by atoms with E-state index in [1.54, 1.807) is 0 Å². The Kier molecular flexibility index (Phi) is 5.21. The molecule has 2 aromatic carbocycles. The van der Waals surface area contributed by atoms with Gasteiger partial charge in [0.1, 0.15) is 0 Å². The van der Waals surface area contributed by atoms with E-state index in [-0.39, 0.29) is 23.2 Å². The SMILES string of the molecule is O=C(O)C1CC12CCN(C(=O)CC(Cc1ccccc1)c1ccccc1)CC2. The van der Waals surface area contributed by atoms with Gasteiger partial charge in [-0.3, -0.25) is 9.59 Å². The molecule has 1 aliphatic carbocycles. The van der Waals surface area contributed by atoms with Gasteiger partial charge in [0, 0.05) is 19.5 Å². The number of hydrogen-bond acceptors (Lipinski definition) is 2. The van der Waals surface area contributed by atoms with Crippen LogP contribution in [-0.2, 0) is 16.0 Å². The molecule has 4 rings (SSSR count). The number of hydrogen-bond donors (Lipinski definition) is 1. The van der Waals surface area contributed by atoms with Crippen LogP contribution in [0.25, 0.3) is 0 Å². The lowest BCUT2D eigenvalue weighted by Crippen LogP contribution is -2.40. The molecule has 0 aromatic heterocycles. The number of carboxylic acids is 1. The van der Waals surface area contributed by atoms with E-state index < -0.39 is 5.97 Å². The number of carbonyl (C=O) groups excluding carboxylic acids is 1. The van der Waals surface area contributed by atoms with Crippen molar-refractivity contribution in [2.24, 2.45) is 11.3 Å². The van der Waals surface area contributed by atoms with Crippen LogP contribution in [0.1, 0.15) is 42.7 Å². The standard InChI is InChI=1S/C24H27NO3/c26-22(25-13-11-24(12-14-25)17-21(24)23(27)28)16-20(19-9-5-2-6-10-19)15-18-7-3-1-4-8-18/h1-10,20-21H,11-17H2,(H,27,28). The lowest BCUT2D eigenvalue weighted by Gasteiger charge is -2.33. The molecule has 1 saturated heterocycles. The molecule has 1 aliphatic heterocycles. The summed E-state index contributed by atoms with van der Waals surface area (Å²) < 4.78 is 0. The Hall–Kier alpha value is -2.62. The highest BCUT2D eigenvalue weighted by Crippen LogP contribution is 2.59. The average Bonchev–Trinajstić information content (AvgIpc) is 3.43. The molecule has 146 valence electrons. The van der Waals surface area contributed by atoms with Gasteiger partial charge in [0.15, 0.2) is 0 Å². The van der Waals surface area contributed by atoms with Gasteiger partial charge in [0.05, 0.1) is 5.92 Å². The zero-order valence-electron chi connectivity index (χ0n) is 16.1. The van der Waals surface area contributed by atoms with Crippen LogP contribution in [0.4, 0.5) is 0 Å². The number of rotatable bonds is 6. The summed E-state index contributed by atoms with van der Waals surface area (Å²) in [5, 5.41) is 9.25. The Morgan fingerprint density at radius 3 is 2.18 bits per heavy atom. The summed E-state index contributed by atoms with van der Waals surface area (Å²) in [5.74, 6) is -0.529. The topological polar surface area (TPSA) is 57.6 Å². The van der Waals surface area contributed by atoms with E-state index in [4.69, 9.17) is 0 Å². The fraction of sp³-hybridized carbons (Fsp3) is 0.417. The third-order valence-electron chi connectivity index (χ3n) is 6.62. The number of likely N-dealkylation sites (tertiary alicyclic amines) is 1. The van der Waals surface area contributed by atoms with Gasteiger partial charge >= 0.3 is 5.97 Å². The molecule has 4 heteroatoms. The Morgan fingerprint density at radius 2 is 1.61 bits per heavy atom. The first-order chi connectivity index (χ1) is 13.6. The number of carbonyl (C=O) groups is 2. The number of amides is 1. The second-order valence-electron chi connectivity index (χ2n) is 8.34. The Labute approximate surface area is 166 Å². The first-order valence-corrected chi connectivity index (χ1v) is 10.2. The van der Waals surface area contributed by atoms with E-state index in [0.29, 0.717) is 19.5 Å². The van der Waals surface area contributed by atoms with Crippen LogP contribution in [0.15, 0.2) is 60.7 Å². The van der Waals surface area contributed by atoms with Crippen LogP contribution in [0, 0.1) is 11.3 Å². The second kappa shape index (κ2) is 7.78. The summed E-state index contributed by atoms with van der Waals surface area (Å²) in [6, 6.07) is 20.6. The number of carboxylic acid groups (broad SMARTS) is 1. The Balaban J connectivity index is 1.41. The molecule has 2 atom stereocenters. The third kappa shape index (κ3) is 3.96. The predicted molar refractivity (Wildman–Crippen MR) is 108 cm³/mol.